The fourth-order valence-corrected chi connectivity index (χ4v) is 1.37. The third kappa shape index (κ3) is 4.40. The van der Waals surface area contributed by atoms with E-state index in [-0.39, 0.29) is 12.8 Å². The molecule has 4 nitrogen and oxygen atoms in total. The van der Waals surface area contributed by atoms with E-state index in [1.165, 1.54) is 0 Å². The Balaban J connectivity index is 4.44. The molecular formula is C8H14F8N4. The summed E-state index contributed by atoms with van der Waals surface area (Å²) >= 11 is 0. The largest absolute Gasteiger partial charge is 0.193 e. The van der Waals surface area contributed by atoms with Crippen LogP contribution in [0.4, 0.5) is 35.9 Å². The molecule has 0 fully saturated rings. The van der Waals surface area contributed by atoms with E-state index < -0.39 is 45.5 Å². The zero-order valence-corrected chi connectivity index (χ0v) is 10.6. The third-order valence-corrected chi connectivity index (χ3v) is 3.01. The third-order valence-electron chi connectivity index (χ3n) is 3.01. The average Bonchev–Trinajstić information content (AvgIpc) is 2.32. The van der Waals surface area contributed by atoms with Crippen molar-refractivity contribution < 1.29 is 35.9 Å². The van der Waals surface area contributed by atoms with Crippen LogP contribution in [0.1, 0.15) is 39.5 Å². The van der Waals surface area contributed by atoms with Crippen molar-refractivity contribution in [1.82, 2.24) is 21.4 Å². The normalized spacial score (nSPS) is 14.1. The van der Waals surface area contributed by atoms with E-state index in [1.807, 2.05) is 0 Å². The van der Waals surface area contributed by atoms with Crippen molar-refractivity contribution in [2.45, 2.75) is 50.9 Å². The molecular weight excluding hydrogens is 304 g/mol. The minimum atomic E-state index is -2.90. The Kier molecular flexibility index (Phi) is 7.07. The fourth-order valence-electron chi connectivity index (χ4n) is 1.37. The van der Waals surface area contributed by atoms with Gasteiger partial charge in [-0.25, -0.2) is 0 Å². The number of unbranched alkanes of at least 4 members (excludes halogenated alkanes) is 1. The highest BCUT2D eigenvalue weighted by molar-refractivity contribution is 4.75. The number of rotatable bonds is 9. The van der Waals surface area contributed by atoms with Crippen LogP contribution < -0.4 is 0 Å². The van der Waals surface area contributed by atoms with Gasteiger partial charge in [-0.05, 0) is 39.5 Å². The SMILES string of the molecule is CC(CCCCC(C)(N(F)F)N(F)F)(N(F)F)N(F)F. The molecule has 0 spiro atoms. The van der Waals surface area contributed by atoms with E-state index in [9.17, 15) is 35.9 Å². The summed E-state index contributed by atoms with van der Waals surface area (Å²) in [7, 11) is 0. The highest BCUT2D eigenvalue weighted by atomic mass is 19.4. The Morgan fingerprint density at radius 2 is 0.750 bits per heavy atom. The number of halogens is 8. The van der Waals surface area contributed by atoms with Gasteiger partial charge in [-0.3, -0.25) is 0 Å². The van der Waals surface area contributed by atoms with Gasteiger partial charge >= 0.3 is 0 Å². The van der Waals surface area contributed by atoms with Crippen LogP contribution in [0, 0.1) is 0 Å². The Morgan fingerprint density at radius 3 is 0.900 bits per heavy atom. The highest BCUT2D eigenvalue weighted by Crippen LogP contribution is 2.32. The highest BCUT2D eigenvalue weighted by Gasteiger charge is 2.44. The zero-order valence-electron chi connectivity index (χ0n) is 10.6. The molecule has 0 unspecified atom stereocenters. The maximum atomic E-state index is 12.3. The lowest BCUT2D eigenvalue weighted by Gasteiger charge is -2.30. The van der Waals surface area contributed by atoms with Crippen LogP contribution in [0.15, 0.2) is 0 Å². The molecule has 0 saturated carbocycles. The predicted octanol–water partition coefficient (Wildman–Crippen LogP) is 4.26. The van der Waals surface area contributed by atoms with Gasteiger partial charge in [-0.1, -0.05) is 35.9 Å². The first-order chi connectivity index (χ1) is 8.98. The second kappa shape index (κ2) is 7.33. The Morgan fingerprint density at radius 1 is 0.550 bits per heavy atom. The molecule has 0 amide bonds. The molecule has 0 aliphatic carbocycles. The smallest absolute Gasteiger partial charge is 0.0993 e. The number of nitrogens with zero attached hydrogens (tertiary/aromatic N) is 4. The van der Waals surface area contributed by atoms with Gasteiger partial charge in [0.2, 0.25) is 0 Å². The van der Waals surface area contributed by atoms with Crippen molar-refractivity contribution in [2.75, 3.05) is 0 Å². The van der Waals surface area contributed by atoms with Crippen LogP contribution in [-0.4, -0.2) is 32.7 Å². The van der Waals surface area contributed by atoms with Crippen molar-refractivity contribution >= 4 is 0 Å². The zero-order chi connectivity index (χ0) is 16.1. The fraction of sp³-hybridized carbons (Fsp3) is 1.00. The molecule has 0 aliphatic rings. The van der Waals surface area contributed by atoms with E-state index in [4.69, 9.17) is 0 Å². The number of hydrogen-bond acceptors (Lipinski definition) is 4. The topological polar surface area (TPSA) is 13.0 Å². The quantitative estimate of drug-likeness (QED) is 0.272. The van der Waals surface area contributed by atoms with Crippen molar-refractivity contribution in [3.63, 3.8) is 0 Å². The summed E-state index contributed by atoms with van der Waals surface area (Å²) in [5, 5.41) is -6.89. The molecule has 0 aromatic heterocycles. The van der Waals surface area contributed by atoms with E-state index in [2.05, 4.69) is 0 Å². The molecule has 122 valence electrons. The van der Waals surface area contributed by atoms with Gasteiger partial charge in [0, 0.05) is 21.4 Å². The Labute approximate surface area is 109 Å². The lowest BCUT2D eigenvalue weighted by molar-refractivity contribution is -0.371. The molecule has 0 N–H and O–H groups in total. The maximum Gasteiger partial charge on any atom is 0.193 e. The monoisotopic (exact) mass is 318 g/mol. The van der Waals surface area contributed by atoms with Crippen LogP contribution in [0.2, 0.25) is 0 Å². The second-order valence-corrected chi connectivity index (χ2v) is 4.57. The average molecular weight is 318 g/mol. The molecule has 0 bridgehead atoms. The summed E-state index contributed by atoms with van der Waals surface area (Å²) in [6.45, 7) is 1.05. The van der Waals surface area contributed by atoms with Crippen LogP contribution in [0.25, 0.3) is 0 Å². The van der Waals surface area contributed by atoms with Crippen LogP contribution >= 0.6 is 0 Å². The van der Waals surface area contributed by atoms with Gasteiger partial charge in [-0.2, -0.15) is 0 Å². The van der Waals surface area contributed by atoms with Crippen LogP contribution in [-0.2, 0) is 0 Å². The van der Waals surface area contributed by atoms with E-state index >= 15 is 0 Å². The first-order valence-corrected chi connectivity index (χ1v) is 5.45. The molecule has 0 saturated heterocycles. The predicted molar refractivity (Wildman–Crippen MR) is 51.5 cm³/mol. The molecule has 0 atom stereocenters. The second-order valence-electron chi connectivity index (χ2n) is 4.57. The summed E-state index contributed by atoms with van der Waals surface area (Å²) in [5.74, 6) is 0. The molecule has 0 rings (SSSR count). The minimum Gasteiger partial charge on any atom is -0.0993 e. The van der Waals surface area contributed by atoms with Gasteiger partial charge in [-0.15, -0.1) is 0 Å². The lowest BCUT2D eigenvalue weighted by atomic mass is 10.0. The molecule has 0 aliphatic heterocycles. The lowest BCUT2D eigenvalue weighted by Crippen LogP contribution is -2.46. The molecule has 0 aromatic rings. The summed E-state index contributed by atoms with van der Waals surface area (Å²) in [6.07, 6.45) is -2.33. The van der Waals surface area contributed by atoms with Crippen molar-refractivity contribution in [1.29, 1.82) is 0 Å². The molecule has 12 heteroatoms. The first kappa shape index (κ1) is 19.3. The summed E-state index contributed by atoms with van der Waals surface area (Å²) in [4.78, 5) is 0. The van der Waals surface area contributed by atoms with Gasteiger partial charge in [0.05, 0.1) is 0 Å². The van der Waals surface area contributed by atoms with Gasteiger partial charge in [0.15, 0.2) is 11.3 Å². The standard InChI is InChI=1S/C8H14F8N4/c1-7(17(9)10,18(11)12)5-3-4-6-8(2,19(13)14)20(15)16/h3-6H2,1-2H3. The van der Waals surface area contributed by atoms with Crippen LogP contribution in [0.5, 0.6) is 0 Å². The van der Waals surface area contributed by atoms with Crippen molar-refractivity contribution in [3.8, 4) is 0 Å². The van der Waals surface area contributed by atoms with Crippen LogP contribution in [0.3, 0.4) is 0 Å². The van der Waals surface area contributed by atoms with E-state index in [0.717, 1.165) is 0 Å². The van der Waals surface area contributed by atoms with E-state index in [1.54, 1.807) is 0 Å². The summed E-state index contributed by atoms with van der Waals surface area (Å²) in [6, 6.07) is 0. The minimum absolute atomic E-state index is 0.373. The Hall–Kier alpha value is -0.720. The van der Waals surface area contributed by atoms with Crippen molar-refractivity contribution in [2.24, 2.45) is 0 Å². The van der Waals surface area contributed by atoms with E-state index in [0.29, 0.717) is 13.8 Å². The number of hydrogen-bond donors (Lipinski definition) is 0. The molecule has 0 aromatic carbocycles. The van der Waals surface area contributed by atoms with Crippen molar-refractivity contribution in [3.05, 3.63) is 0 Å². The van der Waals surface area contributed by atoms with Gasteiger partial charge in [0.1, 0.15) is 0 Å². The first-order valence-electron chi connectivity index (χ1n) is 5.45. The maximum absolute atomic E-state index is 12.3. The molecule has 0 heterocycles. The van der Waals surface area contributed by atoms with Gasteiger partial charge in [0.25, 0.3) is 0 Å². The Bertz CT molecular complexity index is 244. The van der Waals surface area contributed by atoms with Gasteiger partial charge < -0.3 is 0 Å². The molecule has 0 radical (unpaired) electrons. The molecule has 20 heavy (non-hydrogen) atoms. The summed E-state index contributed by atoms with van der Waals surface area (Å²) in [5.41, 5.74) is -5.79. The summed E-state index contributed by atoms with van der Waals surface area (Å²) < 4.78 is 98.5.